The molecule has 2 aromatic rings. The summed E-state index contributed by atoms with van der Waals surface area (Å²) < 4.78 is 2.54. The first-order valence-electron chi connectivity index (χ1n) is 7.22. The van der Waals surface area contributed by atoms with Gasteiger partial charge in [-0.15, -0.1) is 0 Å². The first kappa shape index (κ1) is 13.1. The Bertz CT molecular complexity index is 747. The molecular formula is C14H20N4O2. The van der Waals surface area contributed by atoms with Crippen molar-refractivity contribution in [1.29, 1.82) is 0 Å². The van der Waals surface area contributed by atoms with Crippen LogP contribution in [0.4, 0.5) is 0 Å². The third kappa shape index (κ3) is 2.09. The maximum atomic E-state index is 12.1. The second-order valence-electron chi connectivity index (χ2n) is 5.80. The molecule has 108 valence electrons. The highest BCUT2D eigenvalue weighted by molar-refractivity contribution is 5.69. The molecule has 0 bridgehead atoms. The molecule has 6 heteroatoms. The van der Waals surface area contributed by atoms with Crippen molar-refractivity contribution in [2.75, 3.05) is 0 Å². The topological polar surface area (TPSA) is 72.7 Å². The van der Waals surface area contributed by atoms with Gasteiger partial charge in [0.1, 0.15) is 11.3 Å². The van der Waals surface area contributed by atoms with Gasteiger partial charge < -0.3 is 4.98 Å². The number of aryl methyl sites for hydroxylation is 1. The average Bonchev–Trinajstić information content (AvgIpc) is 2.88. The van der Waals surface area contributed by atoms with Crippen LogP contribution in [0.1, 0.15) is 37.9 Å². The molecule has 0 aliphatic heterocycles. The van der Waals surface area contributed by atoms with Crippen LogP contribution in [-0.4, -0.2) is 19.1 Å². The van der Waals surface area contributed by atoms with E-state index in [1.54, 1.807) is 7.05 Å². The highest BCUT2D eigenvalue weighted by Gasteiger charge is 2.18. The molecule has 0 radical (unpaired) electrons. The first-order chi connectivity index (χ1) is 9.58. The van der Waals surface area contributed by atoms with Gasteiger partial charge in [0.25, 0.3) is 5.56 Å². The lowest BCUT2D eigenvalue weighted by Gasteiger charge is -2.20. The highest BCUT2D eigenvalue weighted by atomic mass is 16.2. The van der Waals surface area contributed by atoms with E-state index < -0.39 is 0 Å². The van der Waals surface area contributed by atoms with Gasteiger partial charge in [-0.2, -0.15) is 0 Å². The van der Waals surface area contributed by atoms with E-state index in [4.69, 9.17) is 0 Å². The summed E-state index contributed by atoms with van der Waals surface area (Å²) >= 11 is 0. The van der Waals surface area contributed by atoms with E-state index >= 15 is 0 Å². The van der Waals surface area contributed by atoms with E-state index in [-0.39, 0.29) is 11.2 Å². The fourth-order valence-corrected chi connectivity index (χ4v) is 3.14. The molecule has 0 amide bonds. The fourth-order valence-electron chi connectivity index (χ4n) is 3.14. The number of fused-ring (bicyclic) bond motifs is 1. The van der Waals surface area contributed by atoms with Crippen molar-refractivity contribution in [1.82, 2.24) is 19.1 Å². The van der Waals surface area contributed by atoms with E-state index in [2.05, 4.69) is 9.97 Å². The van der Waals surface area contributed by atoms with Crippen molar-refractivity contribution in [3.8, 4) is 0 Å². The largest absolute Gasteiger partial charge is 0.336 e. The molecule has 2 aromatic heterocycles. The molecule has 1 saturated carbocycles. The summed E-state index contributed by atoms with van der Waals surface area (Å²) in [6.07, 6.45) is 7.22. The first-order valence-corrected chi connectivity index (χ1v) is 7.22. The second kappa shape index (κ2) is 4.92. The van der Waals surface area contributed by atoms with Crippen LogP contribution in [-0.2, 0) is 20.5 Å². The Morgan fingerprint density at radius 3 is 2.55 bits per heavy atom. The lowest BCUT2D eigenvalue weighted by molar-refractivity contribution is 0.352. The van der Waals surface area contributed by atoms with Gasteiger partial charge in [0.05, 0.1) is 0 Å². The Morgan fingerprint density at radius 2 is 1.85 bits per heavy atom. The molecule has 6 nitrogen and oxygen atoms in total. The maximum absolute atomic E-state index is 12.1. The Morgan fingerprint density at radius 1 is 1.15 bits per heavy atom. The van der Waals surface area contributed by atoms with E-state index in [0.717, 1.165) is 16.8 Å². The zero-order valence-corrected chi connectivity index (χ0v) is 12.0. The molecule has 3 rings (SSSR count). The summed E-state index contributed by atoms with van der Waals surface area (Å²) in [6, 6.07) is 0. The molecule has 2 heterocycles. The summed E-state index contributed by atoms with van der Waals surface area (Å²) in [5, 5.41) is 0. The number of hydrogen-bond acceptors (Lipinski definition) is 3. The van der Waals surface area contributed by atoms with Crippen LogP contribution in [0.3, 0.4) is 0 Å². The zero-order chi connectivity index (χ0) is 14.3. The van der Waals surface area contributed by atoms with Crippen molar-refractivity contribution in [2.45, 2.75) is 38.5 Å². The van der Waals surface area contributed by atoms with E-state index in [9.17, 15) is 9.59 Å². The van der Waals surface area contributed by atoms with Gasteiger partial charge in [0.2, 0.25) is 0 Å². The number of hydrogen-bond donors (Lipinski definition) is 1. The standard InChI is InChI=1S/C14H20N4O2/c1-17-12-11(13(19)18(2)14(17)20)15-10(16-12)8-9-6-4-3-5-7-9/h9H,3-8H2,1-2H3,(H,15,16). The van der Waals surface area contributed by atoms with Crippen LogP contribution in [0, 0.1) is 5.92 Å². The van der Waals surface area contributed by atoms with Gasteiger partial charge in [-0.05, 0) is 5.92 Å². The summed E-state index contributed by atoms with van der Waals surface area (Å²) in [5.74, 6) is 1.47. The second-order valence-corrected chi connectivity index (χ2v) is 5.80. The SMILES string of the molecule is Cn1c(=O)c2[nH]c(CC3CCCCC3)nc2n(C)c1=O. The van der Waals surface area contributed by atoms with Gasteiger partial charge in [0, 0.05) is 20.5 Å². The Labute approximate surface area is 116 Å². The molecule has 1 aliphatic carbocycles. The molecular weight excluding hydrogens is 256 g/mol. The number of nitrogens with zero attached hydrogens (tertiary/aromatic N) is 3. The number of aromatic amines is 1. The molecule has 0 saturated heterocycles. The highest BCUT2D eigenvalue weighted by Crippen LogP contribution is 2.26. The van der Waals surface area contributed by atoms with Gasteiger partial charge in [-0.25, -0.2) is 9.78 Å². The maximum Gasteiger partial charge on any atom is 0.332 e. The molecule has 0 atom stereocenters. The van der Waals surface area contributed by atoms with Gasteiger partial charge in [-0.3, -0.25) is 13.9 Å². The number of imidazole rings is 1. The van der Waals surface area contributed by atoms with Crippen molar-refractivity contribution >= 4 is 11.2 Å². The molecule has 0 spiro atoms. The Kier molecular flexibility index (Phi) is 3.23. The van der Waals surface area contributed by atoms with Crippen LogP contribution >= 0.6 is 0 Å². The smallest absolute Gasteiger partial charge is 0.332 e. The number of rotatable bonds is 2. The van der Waals surface area contributed by atoms with Gasteiger partial charge in [0.15, 0.2) is 5.65 Å². The number of H-pyrrole nitrogens is 1. The van der Waals surface area contributed by atoms with Gasteiger partial charge in [-0.1, -0.05) is 32.1 Å². The molecule has 1 N–H and O–H groups in total. The van der Waals surface area contributed by atoms with E-state index in [1.807, 2.05) is 0 Å². The third-order valence-electron chi connectivity index (χ3n) is 4.35. The van der Waals surface area contributed by atoms with Crippen LogP contribution in [0.15, 0.2) is 9.59 Å². The lowest BCUT2D eigenvalue weighted by atomic mass is 9.87. The minimum absolute atomic E-state index is 0.300. The van der Waals surface area contributed by atoms with E-state index in [0.29, 0.717) is 17.1 Å². The van der Waals surface area contributed by atoms with Crippen molar-refractivity contribution in [3.05, 3.63) is 26.7 Å². The Balaban J connectivity index is 2.02. The number of nitrogens with one attached hydrogen (secondary N) is 1. The summed E-state index contributed by atoms with van der Waals surface area (Å²) in [4.78, 5) is 31.5. The van der Waals surface area contributed by atoms with Crippen LogP contribution in [0.5, 0.6) is 0 Å². The molecule has 20 heavy (non-hydrogen) atoms. The lowest BCUT2D eigenvalue weighted by Crippen LogP contribution is -2.36. The monoisotopic (exact) mass is 276 g/mol. The fraction of sp³-hybridized carbons (Fsp3) is 0.643. The third-order valence-corrected chi connectivity index (χ3v) is 4.35. The van der Waals surface area contributed by atoms with Crippen molar-refractivity contribution in [3.63, 3.8) is 0 Å². The van der Waals surface area contributed by atoms with Crippen molar-refractivity contribution < 1.29 is 0 Å². The predicted octanol–water partition coefficient (Wildman–Crippen LogP) is 1.08. The predicted molar refractivity (Wildman–Crippen MR) is 76.9 cm³/mol. The molecule has 1 aliphatic rings. The summed E-state index contributed by atoms with van der Waals surface area (Å²) in [5.41, 5.74) is 0.257. The molecule has 1 fully saturated rings. The summed E-state index contributed by atoms with van der Waals surface area (Å²) in [7, 11) is 3.14. The van der Waals surface area contributed by atoms with Crippen LogP contribution < -0.4 is 11.2 Å². The molecule has 0 aromatic carbocycles. The minimum atomic E-state index is -0.335. The number of aromatic nitrogens is 4. The Hall–Kier alpha value is -1.85. The van der Waals surface area contributed by atoms with Gasteiger partial charge >= 0.3 is 5.69 Å². The normalized spacial score (nSPS) is 16.9. The molecule has 0 unspecified atom stereocenters. The van der Waals surface area contributed by atoms with Crippen LogP contribution in [0.25, 0.3) is 11.2 Å². The van der Waals surface area contributed by atoms with Crippen LogP contribution in [0.2, 0.25) is 0 Å². The summed E-state index contributed by atoms with van der Waals surface area (Å²) in [6.45, 7) is 0. The average molecular weight is 276 g/mol. The zero-order valence-electron chi connectivity index (χ0n) is 12.0. The quantitative estimate of drug-likeness (QED) is 0.892. The van der Waals surface area contributed by atoms with Crippen molar-refractivity contribution in [2.24, 2.45) is 20.0 Å². The minimum Gasteiger partial charge on any atom is -0.336 e. The van der Waals surface area contributed by atoms with E-state index in [1.165, 1.54) is 43.7 Å².